The molecule has 1 aromatic carbocycles. The van der Waals surface area contributed by atoms with Crippen molar-refractivity contribution in [1.82, 2.24) is 4.98 Å². The highest BCUT2D eigenvalue weighted by Gasteiger charge is 2.20. The van der Waals surface area contributed by atoms with Crippen LogP contribution in [0.5, 0.6) is 5.75 Å². The van der Waals surface area contributed by atoms with E-state index in [-0.39, 0.29) is 30.9 Å². The summed E-state index contributed by atoms with van der Waals surface area (Å²) in [4.78, 5) is 28.0. The summed E-state index contributed by atoms with van der Waals surface area (Å²) < 4.78 is 5.13. The molecule has 7 heteroatoms. The molecule has 2 aromatic rings. The second kappa shape index (κ2) is 8.45. The second-order valence-electron chi connectivity index (χ2n) is 5.40. The minimum Gasteiger partial charge on any atom is -0.504 e. The van der Waals surface area contributed by atoms with Gasteiger partial charge in [0.15, 0.2) is 11.5 Å². The number of pyridine rings is 1. The Bertz CT molecular complexity index is 823. The van der Waals surface area contributed by atoms with Crippen molar-refractivity contribution in [3.63, 3.8) is 0 Å². The summed E-state index contributed by atoms with van der Waals surface area (Å²) in [5, 5.41) is 10.6. The van der Waals surface area contributed by atoms with Crippen LogP contribution in [0.3, 0.4) is 0 Å². The topological polar surface area (TPSA) is 76.5 Å². The number of hydrogen-bond donors (Lipinski definition) is 1. The lowest BCUT2D eigenvalue weighted by Gasteiger charge is -2.10. The number of hydrogen-bond acceptors (Lipinski definition) is 5. The van der Waals surface area contributed by atoms with E-state index in [1.54, 1.807) is 25.1 Å². The van der Waals surface area contributed by atoms with Crippen LogP contribution < -0.4 is 0 Å². The fraction of sp³-hybridized carbons (Fsp3) is 0.278. The molecule has 5 nitrogen and oxygen atoms in total. The van der Waals surface area contributed by atoms with Gasteiger partial charge in [0, 0.05) is 12.0 Å². The van der Waals surface area contributed by atoms with E-state index in [9.17, 15) is 14.7 Å². The quantitative estimate of drug-likeness (QED) is 0.535. The van der Waals surface area contributed by atoms with Gasteiger partial charge in [0.25, 0.3) is 0 Å². The minimum atomic E-state index is -0.466. The first-order valence-corrected chi connectivity index (χ1v) is 8.85. The Labute approximate surface area is 159 Å². The number of rotatable bonds is 6. The molecule has 2 rings (SSSR count). The Hall–Kier alpha value is -1.92. The van der Waals surface area contributed by atoms with E-state index in [0.29, 0.717) is 20.8 Å². The zero-order valence-electron chi connectivity index (χ0n) is 13.8. The maximum absolute atomic E-state index is 12.4. The highest BCUT2D eigenvalue weighted by Crippen LogP contribution is 2.35. The van der Waals surface area contributed by atoms with Crippen molar-refractivity contribution in [2.75, 3.05) is 6.61 Å². The van der Waals surface area contributed by atoms with Crippen molar-refractivity contribution in [2.45, 2.75) is 26.7 Å². The summed E-state index contributed by atoms with van der Waals surface area (Å²) in [7, 11) is 0. The predicted octanol–water partition coefficient (Wildman–Crippen LogP) is 4.70. The molecule has 0 aliphatic heterocycles. The number of aromatic nitrogens is 1. The average molecular weight is 427 g/mol. The number of ether oxygens (including phenoxy) is 1. The van der Waals surface area contributed by atoms with E-state index in [1.165, 1.54) is 0 Å². The average Bonchev–Trinajstić information content (AvgIpc) is 2.55. The Morgan fingerprint density at radius 3 is 2.64 bits per heavy atom. The van der Waals surface area contributed by atoms with E-state index in [0.717, 1.165) is 5.56 Å². The highest BCUT2D eigenvalue weighted by atomic mass is 79.9. The fourth-order valence-electron chi connectivity index (χ4n) is 2.23. The van der Waals surface area contributed by atoms with Gasteiger partial charge < -0.3 is 9.84 Å². The largest absolute Gasteiger partial charge is 0.504 e. The number of ketones is 1. The standard InChI is InChI=1S/C18H17BrClNO4/c1-3-25-16(23)7-6-15(22)17-18(24)12(19)9-14(21-17)11-5-4-10(2)8-13(11)20/h4-5,8-9,24H,3,6-7H2,1-2H3. The molecule has 0 atom stereocenters. The number of nitrogens with zero attached hydrogens (tertiary/aromatic N) is 1. The first kappa shape index (κ1) is 19.4. The van der Waals surface area contributed by atoms with Gasteiger partial charge in [-0.1, -0.05) is 23.7 Å². The third-order valence-electron chi connectivity index (χ3n) is 3.47. The second-order valence-corrected chi connectivity index (χ2v) is 6.66. The van der Waals surface area contributed by atoms with Crippen molar-refractivity contribution >= 4 is 39.3 Å². The smallest absolute Gasteiger partial charge is 0.306 e. The van der Waals surface area contributed by atoms with E-state index in [4.69, 9.17) is 16.3 Å². The molecule has 25 heavy (non-hydrogen) atoms. The number of aryl methyl sites for hydroxylation is 1. The summed E-state index contributed by atoms with van der Waals surface area (Å²) in [6, 6.07) is 7.07. The molecule has 0 amide bonds. The lowest BCUT2D eigenvalue weighted by Crippen LogP contribution is -2.10. The molecule has 0 aliphatic carbocycles. The Morgan fingerprint density at radius 1 is 1.28 bits per heavy atom. The van der Waals surface area contributed by atoms with E-state index < -0.39 is 11.8 Å². The maximum Gasteiger partial charge on any atom is 0.306 e. The van der Waals surface area contributed by atoms with Gasteiger partial charge >= 0.3 is 5.97 Å². The zero-order valence-corrected chi connectivity index (χ0v) is 16.1. The molecular weight excluding hydrogens is 410 g/mol. The molecule has 0 aliphatic rings. The first-order valence-electron chi connectivity index (χ1n) is 7.68. The number of esters is 1. The molecule has 0 radical (unpaired) electrons. The minimum absolute atomic E-state index is 0.0685. The van der Waals surface area contributed by atoms with Crippen LogP contribution in [0.1, 0.15) is 35.8 Å². The maximum atomic E-state index is 12.4. The van der Waals surface area contributed by atoms with Crippen LogP contribution >= 0.6 is 27.5 Å². The molecule has 0 saturated carbocycles. The van der Waals surface area contributed by atoms with E-state index in [2.05, 4.69) is 20.9 Å². The molecule has 0 fully saturated rings. The monoisotopic (exact) mass is 425 g/mol. The van der Waals surface area contributed by atoms with Gasteiger partial charge in [0.2, 0.25) is 0 Å². The van der Waals surface area contributed by atoms with Crippen molar-refractivity contribution in [2.24, 2.45) is 0 Å². The van der Waals surface area contributed by atoms with Crippen molar-refractivity contribution in [1.29, 1.82) is 0 Å². The van der Waals surface area contributed by atoms with Crippen LogP contribution in [0.2, 0.25) is 5.02 Å². The van der Waals surface area contributed by atoms with Crippen molar-refractivity contribution < 1.29 is 19.4 Å². The number of Topliss-reactive ketones (excluding diaryl/α,β-unsaturated/α-hetero) is 1. The van der Waals surface area contributed by atoms with E-state index in [1.807, 2.05) is 13.0 Å². The van der Waals surface area contributed by atoms with Gasteiger partial charge in [-0.3, -0.25) is 9.59 Å². The first-order chi connectivity index (χ1) is 11.8. The summed E-state index contributed by atoms with van der Waals surface area (Å²) in [5.74, 6) is -1.18. The van der Waals surface area contributed by atoms with Crippen LogP contribution in [-0.2, 0) is 9.53 Å². The van der Waals surface area contributed by atoms with Gasteiger partial charge in [-0.05, 0) is 47.5 Å². The van der Waals surface area contributed by atoms with Crippen LogP contribution in [0.4, 0.5) is 0 Å². The molecule has 1 heterocycles. The van der Waals surface area contributed by atoms with Crippen LogP contribution in [0.15, 0.2) is 28.7 Å². The van der Waals surface area contributed by atoms with E-state index >= 15 is 0 Å². The zero-order chi connectivity index (χ0) is 18.6. The predicted molar refractivity (Wildman–Crippen MR) is 99.0 cm³/mol. The summed E-state index contributed by atoms with van der Waals surface area (Å²) in [6.45, 7) is 3.86. The van der Waals surface area contributed by atoms with Crippen LogP contribution in [0.25, 0.3) is 11.3 Å². The Balaban J connectivity index is 2.34. The van der Waals surface area contributed by atoms with Gasteiger partial charge in [-0.2, -0.15) is 0 Å². The molecular formula is C18H17BrClNO4. The Kier molecular flexibility index (Phi) is 6.56. The van der Waals surface area contributed by atoms with Gasteiger partial charge in [-0.25, -0.2) is 4.98 Å². The number of benzene rings is 1. The van der Waals surface area contributed by atoms with Gasteiger partial charge in [0.1, 0.15) is 5.69 Å². The number of halogens is 2. The van der Waals surface area contributed by atoms with Crippen molar-refractivity contribution in [3.05, 3.63) is 45.0 Å². The van der Waals surface area contributed by atoms with Crippen LogP contribution in [0, 0.1) is 6.92 Å². The molecule has 0 bridgehead atoms. The number of carbonyl (C=O) groups is 2. The van der Waals surface area contributed by atoms with Gasteiger partial charge in [0.05, 0.1) is 28.2 Å². The van der Waals surface area contributed by atoms with Crippen molar-refractivity contribution in [3.8, 4) is 17.0 Å². The lowest BCUT2D eigenvalue weighted by atomic mass is 10.1. The molecule has 0 spiro atoms. The molecule has 1 N–H and O–H groups in total. The summed E-state index contributed by atoms with van der Waals surface area (Å²) in [6.07, 6.45) is -0.169. The third-order valence-corrected chi connectivity index (χ3v) is 4.39. The Morgan fingerprint density at radius 2 is 2.00 bits per heavy atom. The van der Waals surface area contributed by atoms with Crippen LogP contribution in [-0.4, -0.2) is 28.4 Å². The highest BCUT2D eigenvalue weighted by molar-refractivity contribution is 9.10. The number of carbonyl (C=O) groups excluding carboxylic acids is 2. The SMILES string of the molecule is CCOC(=O)CCC(=O)c1nc(-c2ccc(C)cc2Cl)cc(Br)c1O. The van der Waals surface area contributed by atoms with Gasteiger partial charge in [-0.15, -0.1) is 0 Å². The number of aromatic hydroxyl groups is 1. The lowest BCUT2D eigenvalue weighted by molar-refractivity contribution is -0.143. The molecule has 1 aromatic heterocycles. The normalized spacial score (nSPS) is 10.6. The molecule has 0 unspecified atom stereocenters. The fourth-order valence-corrected chi connectivity index (χ4v) is 2.97. The summed E-state index contributed by atoms with van der Waals surface area (Å²) in [5.41, 5.74) is 1.99. The molecule has 132 valence electrons. The third kappa shape index (κ3) is 4.80. The molecule has 0 saturated heterocycles. The summed E-state index contributed by atoms with van der Waals surface area (Å²) >= 11 is 9.49.